The minimum atomic E-state index is -4.46. The number of aromatic nitrogens is 3. The van der Waals surface area contributed by atoms with Crippen molar-refractivity contribution in [2.75, 3.05) is 23.3 Å². The van der Waals surface area contributed by atoms with Crippen LogP contribution in [0, 0.1) is 5.92 Å². The number of pyridine rings is 1. The molecule has 1 amide bonds. The summed E-state index contributed by atoms with van der Waals surface area (Å²) in [5, 5.41) is 11.4. The van der Waals surface area contributed by atoms with Crippen molar-refractivity contribution in [2.24, 2.45) is 5.92 Å². The highest BCUT2D eigenvalue weighted by molar-refractivity contribution is 6.30. The number of piperidine rings is 1. The number of carbonyl (C=O) groups is 1. The lowest BCUT2D eigenvalue weighted by Crippen LogP contribution is -2.41. The number of benzene rings is 1. The van der Waals surface area contributed by atoms with Crippen LogP contribution >= 0.6 is 11.6 Å². The van der Waals surface area contributed by atoms with Gasteiger partial charge in [-0.15, -0.1) is 10.2 Å². The second-order valence-corrected chi connectivity index (χ2v) is 7.36. The molecule has 1 aliphatic rings. The quantitative estimate of drug-likeness (QED) is 0.684. The molecule has 1 aliphatic heterocycles. The van der Waals surface area contributed by atoms with Crippen molar-refractivity contribution in [2.45, 2.75) is 19.0 Å². The average molecular weight is 424 g/mol. The monoisotopic (exact) mass is 423 g/mol. The van der Waals surface area contributed by atoms with E-state index in [1.54, 1.807) is 29.2 Å². The fourth-order valence-corrected chi connectivity index (χ4v) is 3.54. The molecule has 0 spiro atoms. The summed E-state index contributed by atoms with van der Waals surface area (Å²) in [5.74, 6) is -0.172. The summed E-state index contributed by atoms with van der Waals surface area (Å²) in [4.78, 5) is 14.5. The number of hydrogen-bond donors (Lipinski definition) is 1. The summed E-state index contributed by atoms with van der Waals surface area (Å²) in [6.45, 7) is 0.929. The molecule has 4 rings (SSSR count). The third-order valence-electron chi connectivity index (χ3n) is 4.90. The minimum absolute atomic E-state index is 0.151. The standard InChI is InChI=1S/C19H17ClF3N5O/c20-14-4-6-15(7-5-14)24-17(29)12-2-1-9-27(10-12)18-26-25-16-8-3-13(11-28(16)18)19(21,22)23/h3-8,11-12H,1-2,9-10H2,(H,24,29)/t12-/m1/s1. The van der Waals surface area contributed by atoms with Crippen LogP contribution in [0.15, 0.2) is 42.6 Å². The summed E-state index contributed by atoms with van der Waals surface area (Å²) in [7, 11) is 0. The Balaban J connectivity index is 1.53. The molecular formula is C19H17ClF3N5O. The van der Waals surface area contributed by atoms with Gasteiger partial charge in [0.2, 0.25) is 11.9 Å². The van der Waals surface area contributed by atoms with Gasteiger partial charge >= 0.3 is 6.18 Å². The Kier molecular flexibility index (Phi) is 5.08. The molecule has 3 aromatic rings. The number of fused-ring (bicyclic) bond motifs is 1. The molecular weight excluding hydrogens is 407 g/mol. The topological polar surface area (TPSA) is 62.5 Å². The van der Waals surface area contributed by atoms with Crippen LogP contribution in [0.5, 0.6) is 0 Å². The molecule has 0 bridgehead atoms. The van der Waals surface area contributed by atoms with Crippen LogP contribution in [0.3, 0.4) is 0 Å². The maximum absolute atomic E-state index is 13.1. The second-order valence-electron chi connectivity index (χ2n) is 6.93. The van der Waals surface area contributed by atoms with Crippen molar-refractivity contribution in [1.82, 2.24) is 14.6 Å². The number of halogens is 4. The summed E-state index contributed by atoms with van der Waals surface area (Å²) in [6.07, 6.45) is -2.08. The zero-order valence-electron chi connectivity index (χ0n) is 15.2. The van der Waals surface area contributed by atoms with Gasteiger partial charge in [-0.1, -0.05) is 11.6 Å². The van der Waals surface area contributed by atoms with Gasteiger partial charge in [-0.05, 0) is 49.2 Å². The molecule has 3 heterocycles. The van der Waals surface area contributed by atoms with Crippen LogP contribution in [-0.2, 0) is 11.0 Å². The molecule has 152 valence electrons. The highest BCUT2D eigenvalue weighted by atomic mass is 35.5. The lowest BCUT2D eigenvalue weighted by Gasteiger charge is -2.32. The first-order chi connectivity index (χ1) is 13.8. The van der Waals surface area contributed by atoms with Crippen molar-refractivity contribution in [3.63, 3.8) is 0 Å². The largest absolute Gasteiger partial charge is 0.417 e. The number of hydrogen-bond acceptors (Lipinski definition) is 4. The summed E-state index contributed by atoms with van der Waals surface area (Å²) in [6, 6.07) is 9.06. The normalized spacial score (nSPS) is 17.5. The molecule has 29 heavy (non-hydrogen) atoms. The fourth-order valence-electron chi connectivity index (χ4n) is 3.41. The van der Waals surface area contributed by atoms with E-state index in [9.17, 15) is 18.0 Å². The maximum atomic E-state index is 13.1. The zero-order chi connectivity index (χ0) is 20.6. The Labute approximate surface area is 169 Å². The number of carbonyl (C=O) groups excluding carboxylic acids is 1. The van der Waals surface area contributed by atoms with Crippen LogP contribution in [-0.4, -0.2) is 33.6 Å². The van der Waals surface area contributed by atoms with E-state index in [4.69, 9.17) is 11.6 Å². The predicted octanol–water partition coefficient (Wildman–Crippen LogP) is 4.26. The van der Waals surface area contributed by atoms with E-state index < -0.39 is 11.7 Å². The summed E-state index contributed by atoms with van der Waals surface area (Å²) < 4.78 is 40.5. The first-order valence-corrected chi connectivity index (χ1v) is 9.42. The Morgan fingerprint density at radius 2 is 1.90 bits per heavy atom. The Morgan fingerprint density at radius 1 is 1.14 bits per heavy atom. The van der Waals surface area contributed by atoms with Crippen molar-refractivity contribution in [1.29, 1.82) is 0 Å². The SMILES string of the molecule is O=C(Nc1ccc(Cl)cc1)[C@@H]1CCCN(c2nnc3ccc(C(F)(F)F)cn23)C1. The van der Waals surface area contributed by atoms with E-state index in [2.05, 4.69) is 15.5 Å². The molecule has 0 aliphatic carbocycles. The van der Waals surface area contributed by atoms with Crippen LogP contribution in [0.2, 0.25) is 5.02 Å². The predicted molar refractivity (Wildman–Crippen MR) is 103 cm³/mol. The molecule has 0 unspecified atom stereocenters. The van der Waals surface area contributed by atoms with Gasteiger partial charge in [0.25, 0.3) is 0 Å². The Bertz CT molecular complexity index is 1030. The molecule has 1 aromatic carbocycles. The highest BCUT2D eigenvalue weighted by Crippen LogP contribution is 2.31. The van der Waals surface area contributed by atoms with Crippen LogP contribution in [0.25, 0.3) is 5.65 Å². The van der Waals surface area contributed by atoms with E-state index in [1.807, 2.05) is 0 Å². The number of nitrogens with one attached hydrogen (secondary N) is 1. The molecule has 0 radical (unpaired) electrons. The number of rotatable bonds is 3. The van der Waals surface area contributed by atoms with Gasteiger partial charge in [0, 0.05) is 30.0 Å². The molecule has 10 heteroatoms. The van der Waals surface area contributed by atoms with E-state index in [1.165, 1.54) is 10.5 Å². The third-order valence-corrected chi connectivity index (χ3v) is 5.15. The van der Waals surface area contributed by atoms with E-state index in [0.29, 0.717) is 48.2 Å². The lowest BCUT2D eigenvalue weighted by atomic mass is 9.97. The van der Waals surface area contributed by atoms with Gasteiger partial charge in [-0.2, -0.15) is 13.2 Å². The maximum Gasteiger partial charge on any atom is 0.417 e. The summed E-state index contributed by atoms with van der Waals surface area (Å²) >= 11 is 5.86. The van der Waals surface area contributed by atoms with Gasteiger partial charge in [-0.25, -0.2) is 0 Å². The number of nitrogens with zero attached hydrogens (tertiary/aromatic N) is 4. The highest BCUT2D eigenvalue weighted by Gasteiger charge is 2.32. The Morgan fingerprint density at radius 3 is 2.62 bits per heavy atom. The van der Waals surface area contributed by atoms with Crippen molar-refractivity contribution in [3.05, 3.63) is 53.2 Å². The van der Waals surface area contributed by atoms with Crippen molar-refractivity contribution in [3.8, 4) is 0 Å². The van der Waals surface area contributed by atoms with E-state index in [0.717, 1.165) is 12.3 Å². The van der Waals surface area contributed by atoms with Gasteiger partial charge < -0.3 is 10.2 Å². The van der Waals surface area contributed by atoms with Crippen molar-refractivity contribution < 1.29 is 18.0 Å². The fraction of sp³-hybridized carbons (Fsp3) is 0.316. The van der Waals surface area contributed by atoms with Gasteiger partial charge in [-0.3, -0.25) is 9.20 Å². The third kappa shape index (κ3) is 4.14. The van der Waals surface area contributed by atoms with E-state index >= 15 is 0 Å². The molecule has 6 nitrogen and oxygen atoms in total. The number of amides is 1. The van der Waals surface area contributed by atoms with Gasteiger partial charge in [0.1, 0.15) is 0 Å². The summed E-state index contributed by atoms with van der Waals surface area (Å²) in [5.41, 5.74) is 0.181. The molecule has 0 saturated carbocycles. The van der Waals surface area contributed by atoms with Gasteiger partial charge in [0.05, 0.1) is 11.5 Å². The Hall–Kier alpha value is -2.81. The van der Waals surface area contributed by atoms with Gasteiger partial charge in [0.15, 0.2) is 5.65 Å². The first kappa shape index (κ1) is 19.5. The smallest absolute Gasteiger partial charge is 0.340 e. The zero-order valence-corrected chi connectivity index (χ0v) is 15.9. The van der Waals surface area contributed by atoms with Crippen LogP contribution in [0.4, 0.5) is 24.8 Å². The molecule has 2 aromatic heterocycles. The molecule has 1 fully saturated rings. The number of anilines is 2. The molecule has 1 N–H and O–H groups in total. The van der Waals surface area contributed by atoms with Crippen LogP contribution < -0.4 is 10.2 Å². The molecule has 1 atom stereocenters. The van der Waals surface area contributed by atoms with E-state index in [-0.39, 0.29) is 11.8 Å². The lowest BCUT2D eigenvalue weighted by molar-refractivity contribution is -0.137. The van der Waals surface area contributed by atoms with Crippen molar-refractivity contribution >= 4 is 34.8 Å². The van der Waals surface area contributed by atoms with Crippen LogP contribution in [0.1, 0.15) is 18.4 Å². The first-order valence-electron chi connectivity index (χ1n) is 9.04. The second kappa shape index (κ2) is 7.55. The minimum Gasteiger partial charge on any atom is -0.340 e. The average Bonchev–Trinajstić information content (AvgIpc) is 3.12. The number of alkyl halides is 3. The molecule has 1 saturated heterocycles.